The summed E-state index contributed by atoms with van der Waals surface area (Å²) in [4.78, 5) is 11.3. The van der Waals surface area contributed by atoms with Crippen molar-refractivity contribution < 1.29 is 9.53 Å². The molecule has 0 bridgehead atoms. The number of nitrogens with one attached hydrogen (secondary N) is 1. The van der Waals surface area contributed by atoms with Gasteiger partial charge in [-0.3, -0.25) is 0 Å². The summed E-state index contributed by atoms with van der Waals surface area (Å²) in [6, 6.07) is -0.273. The lowest BCUT2D eigenvalue weighted by Crippen LogP contribution is -2.35. The van der Waals surface area contributed by atoms with Crippen LogP contribution >= 0.6 is 0 Å². The number of carbonyl (C=O) groups is 1. The Bertz CT molecular complexity index is 360. The molecule has 2 rings (SSSR count). The number of methoxy groups -OCH3 is 1. The molecule has 0 aliphatic carbocycles. The third-order valence-corrected chi connectivity index (χ3v) is 2.36. The number of carbonyl (C=O) groups excluding carboxylic acids is 1. The highest BCUT2D eigenvalue weighted by Crippen LogP contribution is 2.21. The second-order valence-electron chi connectivity index (χ2n) is 3.27. The van der Waals surface area contributed by atoms with Crippen LogP contribution in [-0.2, 0) is 23.0 Å². The molecule has 0 saturated heterocycles. The predicted molar refractivity (Wildman–Crippen MR) is 48.8 cm³/mol. The quantitative estimate of drug-likeness (QED) is 0.625. The van der Waals surface area contributed by atoms with Gasteiger partial charge in [-0.15, -0.1) is 5.10 Å². The van der Waals surface area contributed by atoms with E-state index in [1.807, 2.05) is 0 Å². The van der Waals surface area contributed by atoms with Crippen molar-refractivity contribution in [2.24, 2.45) is 7.05 Å². The highest BCUT2D eigenvalue weighted by atomic mass is 16.5. The van der Waals surface area contributed by atoms with Crippen LogP contribution in [0, 0.1) is 0 Å². The molecular formula is C8H12N4O2. The number of nitrogens with zero attached hydrogens (tertiary/aromatic N) is 3. The fourth-order valence-corrected chi connectivity index (χ4v) is 1.58. The number of hydrogen-bond donors (Lipinski definition) is 1. The number of ether oxygens (including phenoxy) is 1. The fraction of sp³-hybridized carbons (Fsp3) is 0.625. The molecule has 0 amide bonds. The highest BCUT2D eigenvalue weighted by molar-refractivity contribution is 5.79. The van der Waals surface area contributed by atoms with Crippen LogP contribution in [-0.4, -0.2) is 34.1 Å². The van der Waals surface area contributed by atoms with Crippen LogP contribution < -0.4 is 5.32 Å². The van der Waals surface area contributed by atoms with Crippen molar-refractivity contribution in [1.29, 1.82) is 0 Å². The lowest BCUT2D eigenvalue weighted by molar-refractivity contribution is -0.141. The van der Waals surface area contributed by atoms with E-state index in [1.54, 1.807) is 11.7 Å². The second kappa shape index (κ2) is 3.28. The van der Waals surface area contributed by atoms with Crippen LogP contribution in [0.4, 0.5) is 5.82 Å². The lowest BCUT2D eigenvalue weighted by Gasteiger charge is -2.21. The number of anilines is 1. The third-order valence-electron chi connectivity index (χ3n) is 2.36. The van der Waals surface area contributed by atoms with Gasteiger partial charge in [0.2, 0.25) is 0 Å². The minimum atomic E-state index is -0.273. The third kappa shape index (κ3) is 1.32. The molecular weight excluding hydrogens is 184 g/mol. The van der Waals surface area contributed by atoms with Crippen LogP contribution in [0.2, 0.25) is 0 Å². The summed E-state index contributed by atoms with van der Waals surface area (Å²) in [6.07, 6.45) is 1.47. The van der Waals surface area contributed by atoms with Crippen LogP contribution in [0.25, 0.3) is 0 Å². The summed E-state index contributed by atoms with van der Waals surface area (Å²) < 4.78 is 6.30. The number of aryl methyl sites for hydroxylation is 2. The average molecular weight is 196 g/mol. The van der Waals surface area contributed by atoms with Crippen LogP contribution in [0.3, 0.4) is 0 Å². The Kier molecular flexibility index (Phi) is 2.11. The Morgan fingerprint density at radius 1 is 1.71 bits per heavy atom. The zero-order valence-electron chi connectivity index (χ0n) is 8.15. The van der Waals surface area contributed by atoms with E-state index >= 15 is 0 Å². The van der Waals surface area contributed by atoms with Gasteiger partial charge in [-0.25, -0.2) is 9.48 Å². The first kappa shape index (κ1) is 8.98. The Morgan fingerprint density at radius 3 is 3.21 bits per heavy atom. The van der Waals surface area contributed by atoms with Crippen LogP contribution in [0.15, 0.2) is 0 Å². The maximum absolute atomic E-state index is 11.3. The first-order valence-electron chi connectivity index (χ1n) is 4.45. The predicted octanol–water partition coefficient (Wildman–Crippen LogP) is -0.285. The molecule has 1 aromatic heterocycles. The van der Waals surface area contributed by atoms with Crippen molar-refractivity contribution in [3.8, 4) is 0 Å². The second-order valence-corrected chi connectivity index (χ2v) is 3.27. The number of aromatic nitrogens is 3. The maximum Gasteiger partial charge on any atom is 0.328 e. The van der Waals surface area contributed by atoms with Crippen molar-refractivity contribution in [3.05, 3.63) is 5.69 Å². The van der Waals surface area contributed by atoms with Gasteiger partial charge in [0.15, 0.2) is 0 Å². The van der Waals surface area contributed by atoms with Gasteiger partial charge in [-0.2, -0.15) is 0 Å². The molecule has 1 atom stereocenters. The molecule has 1 aliphatic rings. The van der Waals surface area contributed by atoms with Crippen molar-refractivity contribution in [3.63, 3.8) is 0 Å². The van der Waals surface area contributed by atoms with Crippen LogP contribution in [0.1, 0.15) is 12.1 Å². The molecule has 0 fully saturated rings. The number of fused-ring (bicyclic) bond motifs is 1. The Balaban J connectivity index is 2.20. The van der Waals surface area contributed by atoms with Gasteiger partial charge >= 0.3 is 5.97 Å². The topological polar surface area (TPSA) is 69.0 Å². The van der Waals surface area contributed by atoms with E-state index in [9.17, 15) is 4.79 Å². The van der Waals surface area contributed by atoms with E-state index < -0.39 is 0 Å². The molecule has 1 unspecified atom stereocenters. The Hall–Kier alpha value is -1.59. The lowest BCUT2D eigenvalue weighted by atomic mass is 10.1. The van der Waals surface area contributed by atoms with Gasteiger partial charge in [0, 0.05) is 7.05 Å². The first-order valence-corrected chi connectivity index (χ1v) is 4.45. The van der Waals surface area contributed by atoms with E-state index in [-0.39, 0.29) is 12.0 Å². The summed E-state index contributed by atoms with van der Waals surface area (Å²) in [5.74, 6) is 0.573. The number of rotatable bonds is 1. The van der Waals surface area contributed by atoms with Gasteiger partial charge in [0.25, 0.3) is 0 Å². The van der Waals surface area contributed by atoms with Crippen molar-refractivity contribution in [2.45, 2.75) is 18.9 Å². The Morgan fingerprint density at radius 2 is 2.50 bits per heavy atom. The monoisotopic (exact) mass is 196 g/mol. The van der Waals surface area contributed by atoms with Gasteiger partial charge in [-0.1, -0.05) is 5.21 Å². The summed E-state index contributed by atoms with van der Waals surface area (Å²) in [5.41, 5.74) is 0.910. The molecule has 6 heteroatoms. The summed E-state index contributed by atoms with van der Waals surface area (Å²) in [6.45, 7) is 0. The molecule has 1 N–H and O–H groups in total. The van der Waals surface area contributed by atoms with E-state index in [0.717, 1.165) is 17.9 Å². The molecule has 76 valence electrons. The molecule has 0 aromatic carbocycles. The maximum atomic E-state index is 11.3. The fourth-order valence-electron chi connectivity index (χ4n) is 1.58. The van der Waals surface area contributed by atoms with Crippen LogP contribution in [0.5, 0.6) is 0 Å². The number of hydrogen-bond acceptors (Lipinski definition) is 5. The molecule has 0 radical (unpaired) electrons. The van der Waals surface area contributed by atoms with E-state index in [0.29, 0.717) is 6.42 Å². The summed E-state index contributed by atoms with van der Waals surface area (Å²) >= 11 is 0. The van der Waals surface area contributed by atoms with E-state index in [4.69, 9.17) is 0 Å². The molecule has 2 heterocycles. The normalized spacial score (nSPS) is 19.7. The van der Waals surface area contributed by atoms with Gasteiger partial charge in [0.05, 0.1) is 7.11 Å². The SMILES string of the molecule is COC(=O)C1CCc2nnn(C)c2N1. The minimum Gasteiger partial charge on any atom is -0.467 e. The zero-order valence-corrected chi connectivity index (χ0v) is 8.15. The molecule has 14 heavy (non-hydrogen) atoms. The van der Waals surface area contributed by atoms with Gasteiger partial charge in [0.1, 0.15) is 17.6 Å². The molecule has 0 saturated carbocycles. The smallest absolute Gasteiger partial charge is 0.328 e. The standard InChI is InChI=1S/C8H12N4O2/c1-12-7-5(10-11-12)3-4-6(9-7)8(13)14-2/h6,9H,3-4H2,1-2H3. The molecule has 0 spiro atoms. The highest BCUT2D eigenvalue weighted by Gasteiger charge is 2.27. The van der Waals surface area contributed by atoms with Crippen molar-refractivity contribution in [1.82, 2.24) is 15.0 Å². The molecule has 6 nitrogen and oxygen atoms in total. The zero-order chi connectivity index (χ0) is 10.1. The van der Waals surface area contributed by atoms with Crippen molar-refractivity contribution in [2.75, 3.05) is 12.4 Å². The van der Waals surface area contributed by atoms with Gasteiger partial charge in [-0.05, 0) is 12.8 Å². The Labute approximate surface area is 81.2 Å². The average Bonchev–Trinajstić information content (AvgIpc) is 2.59. The minimum absolute atomic E-state index is 0.239. The molecule has 1 aromatic rings. The molecule has 1 aliphatic heterocycles. The van der Waals surface area contributed by atoms with Crippen molar-refractivity contribution >= 4 is 11.8 Å². The van der Waals surface area contributed by atoms with E-state index in [2.05, 4.69) is 20.4 Å². The number of esters is 1. The van der Waals surface area contributed by atoms with E-state index in [1.165, 1.54) is 7.11 Å². The largest absolute Gasteiger partial charge is 0.467 e. The van der Waals surface area contributed by atoms with Gasteiger partial charge < -0.3 is 10.1 Å². The summed E-state index contributed by atoms with van der Waals surface area (Å²) in [7, 11) is 3.18. The summed E-state index contributed by atoms with van der Waals surface area (Å²) in [5, 5.41) is 10.9. The first-order chi connectivity index (χ1) is 6.72.